The number of fused-ring (bicyclic) bond motifs is 1. The van der Waals surface area contributed by atoms with Gasteiger partial charge in [-0.05, 0) is 49.7 Å². The Morgan fingerprint density at radius 2 is 1.95 bits per heavy atom. The lowest BCUT2D eigenvalue weighted by molar-refractivity contribution is 0.378. The van der Waals surface area contributed by atoms with Crippen LogP contribution in [0.2, 0.25) is 0 Å². The molecule has 19 heavy (non-hydrogen) atoms. The minimum Gasteiger partial charge on any atom is -0.271 e. The molecular formula is C16H28N2S. The first-order chi connectivity index (χ1) is 9.28. The van der Waals surface area contributed by atoms with Crippen molar-refractivity contribution in [1.82, 2.24) is 5.43 Å². The van der Waals surface area contributed by atoms with Crippen molar-refractivity contribution >= 4 is 11.3 Å². The fraction of sp³-hybridized carbons (Fsp3) is 0.750. The Kier molecular flexibility index (Phi) is 5.86. The number of hydrogen-bond acceptors (Lipinski definition) is 3. The molecule has 108 valence electrons. The summed E-state index contributed by atoms with van der Waals surface area (Å²) < 4.78 is 0. The van der Waals surface area contributed by atoms with Crippen molar-refractivity contribution in [2.45, 2.75) is 71.3 Å². The van der Waals surface area contributed by atoms with Crippen LogP contribution >= 0.6 is 11.3 Å². The third kappa shape index (κ3) is 3.80. The number of nitrogens with two attached hydrogens (primary N) is 1. The number of hydrazine groups is 1. The molecule has 1 aromatic rings. The maximum atomic E-state index is 5.81. The fourth-order valence-corrected chi connectivity index (χ4v) is 4.41. The average Bonchev–Trinajstić information content (AvgIpc) is 2.71. The summed E-state index contributed by atoms with van der Waals surface area (Å²) in [6, 6.07) is 2.78. The molecule has 2 rings (SSSR count). The number of hydrogen-bond donors (Lipinski definition) is 2. The van der Waals surface area contributed by atoms with Gasteiger partial charge in [0, 0.05) is 9.75 Å². The monoisotopic (exact) mass is 280 g/mol. The first-order valence-corrected chi connectivity index (χ1v) is 8.67. The lowest BCUT2D eigenvalue weighted by atomic mass is 9.94. The van der Waals surface area contributed by atoms with Crippen molar-refractivity contribution in [3.63, 3.8) is 0 Å². The molecule has 3 N–H and O–H groups in total. The summed E-state index contributed by atoms with van der Waals surface area (Å²) in [5, 5.41) is 0. The quantitative estimate of drug-likeness (QED) is 0.462. The van der Waals surface area contributed by atoms with Gasteiger partial charge >= 0.3 is 0 Å². The third-order valence-corrected chi connectivity index (χ3v) is 5.88. The smallest absolute Gasteiger partial charge is 0.0556 e. The zero-order valence-corrected chi connectivity index (χ0v) is 13.2. The summed E-state index contributed by atoms with van der Waals surface area (Å²) in [6.07, 6.45) is 10.3. The van der Waals surface area contributed by atoms with Crippen LogP contribution < -0.4 is 11.3 Å². The van der Waals surface area contributed by atoms with E-state index in [4.69, 9.17) is 5.84 Å². The molecule has 1 aromatic heterocycles. The van der Waals surface area contributed by atoms with Crippen molar-refractivity contribution in [2.24, 2.45) is 11.8 Å². The van der Waals surface area contributed by atoms with Gasteiger partial charge in [-0.3, -0.25) is 11.3 Å². The molecule has 1 aliphatic carbocycles. The summed E-state index contributed by atoms with van der Waals surface area (Å²) in [6.45, 7) is 4.57. The molecule has 0 saturated heterocycles. The molecule has 1 atom stereocenters. The Labute approximate surface area is 121 Å². The van der Waals surface area contributed by atoms with Crippen LogP contribution in [0.1, 0.15) is 73.7 Å². The van der Waals surface area contributed by atoms with E-state index < -0.39 is 0 Å². The van der Waals surface area contributed by atoms with Gasteiger partial charge in [-0.15, -0.1) is 11.3 Å². The van der Waals surface area contributed by atoms with Gasteiger partial charge in [0.25, 0.3) is 0 Å². The van der Waals surface area contributed by atoms with Crippen LogP contribution in [-0.4, -0.2) is 0 Å². The van der Waals surface area contributed by atoms with Crippen LogP contribution in [0.25, 0.3) is 0 Å². The molecule has 0 aliphatic heterocycles. The van der Waals surface area contributed by atoms with Crippen LogP contribution in [-0.2, 0) is 12.8 Å². The lowest BCUT2D eigenvalue weighted by Crippen LogP contribution is -2.29. The van der Waals surface area contributed by atoms with Crippen LogP contribution in [0.3, 0.4) is 0 Å². The van der Waals surface area contributed by atoms with E-state index in [0.717, 1.165) is 5.92 Å². The second-order valence-corrected chi connectivity index (χ2v) is 6.96. The zero-order valence-electron chi connectivity index (χ0n) is 12.4. The van der Waals surface area contributed by atoms with Crippen molar-refractivity contribution < 1.29 is 0 Å². The zero-order chi connectivity index (χ0) is 13.7. The lowest BCUT2D eigenvalue weighted by Gasteiger charge is -2.20. The van der Waals surface area contributed by atoms with E-state index in [1.807, 2.05) is 11.3 Å². The van der Waals surface area contributed by atoms with Crippen molar-refractivity contribution in [3.05, 3.63) is 21.4 Å². The normalized spacial score (nSPS) is 17.3. The van der Waals surface area contributed by atoms with E-state index in [1.54, 1.807) is 10.4 Å². The van der Waals surface area contributed by atoms with Gasteiger partial charge in [0.15, 0.2) is 0 Å². The Bertz CT molecular complexity index is 359. The topological polar surface area (TPSA) is 38.0 Å². The highest BCUT2D eigenvalue weighted by Gasteiger charge is 2.20. The molecule has 1 unspecified atom stereocenters. The molecule has 1 aliphatic rings. The fourth-order valence-electron chi connectivity index (χ4n) is 3.08. The third-order valence-electron chi connectivity index (χ3n) is 4.53. The second-order valence-electron chi connectivity index (χ2n) is 5.80. The average molecular weight is 280 g/mol. The van der Waals surface area contributed by atoms with Gasteiger partial charge in [-0.25, -0.2) is 0 Å². The first kappa shape index (κ1) is 15.0. The SMILES string of the molecule is CCC(CC)CC(NN)c1cc2c(s1)CCCCC2. The first-order valence-electron chi connectivity index (χ1n) is 7.86. The Balaban J connectivity index is 2.10. The van der Waals surface area contributed by atoms with Crippen molar-refractivity contribution in [3.8, 4) is 0 Å². The Hall–Kier alpha value is -0.380. The van der Waals surface area contributed by atoms with E-state index in [0.29, 0.717) is 6.04 Å². The largest absolute Gasteiger partial charge is 0.271 e. The molecule has 0 saturated carbocycles. The highest BCUT2D eigenvalue weighted by molar-refractivity contribution is 7.12. The molecule has 1 heterocycles. The van der Waals surface area contributed by atoms with Crippen molar-refractivity contribution in [2.75, 3.05) is 0 Å². The highest BCUT2D eigenvalue weighted by Crippen LogP contribution is 2.35. The summed E-state index contributed by atoms with van der Waals surface area (Å²) in [7, 11) is 0. The number of thiophene rings is 1. The van der Waals surface area contributed by atoms with E-state index in [9.17, 15) is 0 Å². The molecule has 0 fully saturated rings. The van der Waals surface area contributed by atoms with Crippen LogP contribution in [0.15, 0.2) is 6.07 Å². The molecule has 3 heteroatoms. The van der Waals surface area contributed by atoms with Gasteiger partial charge in [0.1, 0.15) is 0 Å². The van der Waals surface area contributed by atoms with Gasteiger partial charge in [0.2, 0.25) is 0 Å². The maximum absolute atomic E-state index is 5.81. The summed E-state index contributed by atoms with van der Waals surface area (Å²) in [4.78, 5) is 3.08. The maximum Gasteiger partial charge on any atom is 0.0556 e. The molecule has 0 radical (unpaired) electrons. The minimum absolute atomic E-state index is 0.349. The van der Waals surface area contributed by atoms with E-state index >= 15 is 0 Å². The Morgan fingerprint density at radius 1 is 1.21 bits per heavy atom. The van der Waals surface area contributed by atoms with Crippen molar-refractivity contribution in [1.29, 1.82) is 0 Å². The van der Waals surface area contributed by atoms with Crippen LogP contribution in [0, 0.1) is 5.92 Å². The standard InChI is InChI=1S/C16H28N2S/c1-3-12(4-2)10-14(18-17)16-11-13-8-6-5-7-9-15(13)19-16/h11-12,14,18H,3-10,17H2,1-2H3. The van der Waals surface area contributed by atoms with Gasteiger partial charge in [-0.1, -0.05) is 33.1 Å². The molecule has 0 bridgehead atoms. The van der Waals surface area contributed by atoms with E-state index in [-0.39, 0.29) is 0 Å². The highest BCUT2D eigenvalue weighted by atomic mass is 32.1. The number of aryl methyl sites for hydroxylation is 2. The summed E-state index contributed by atoms with van der Waals surface area (Å²) >= 11 is 2.00. The number of nitrogens with one attached hydrogen (secondary N) is 1. The van der Waals surface area contributed by atoms with Gasteiger partial charge in [0.05, 0.1) is 6.04 Å². The van der Waals surface area contributed by atoms with Gasteiger partial charge in [-0.2, -0.15) is 0 Å². The van der Waals surface area contributed by atoms with E-state index in [1.165, 1.54) is 56.2 Å². The molecule has 0 amide bonds. The second kappa shape index (κ2) is 7.41. The predicted octanol–water partition coefficient (Wildman–Crippen LogP) is 4.35. The van der Waals surface area contributed by atoms with Gasteiger partial charge < -0.3 is 0 Å². The predicted molar refractivity (Wildman–Crippen MR) is 84.3 cm³/mol. The van der Waals surface area contributed by atoms with Crippen LogP contribution in [0.5, 0.6) is 0 Å². The van der Waals surface area contributed by atoms with E-state index in [2.05, 4.69) is 25.3 Å². The minimum atomic E-state index is 0.349. The molecule has 0 spiro atoms. The molecular weight excluding hydrogens is 252 g/mol. The number of rotatable bonds is 6. The Morgan fingerprint density at radius 3 is 2.63 bits per heavy atom. The van der Waals surface area contributed by atoms with Crippen LogP contribution in [0.4, 0.5) is 0 Å². The molecule has 0 aromatic carbocycles. The summed E-state index contributed by atoms with van der Waals surface area (Å²) in [5.74, 6) is 6.59. The molecule has 2 nitrogen and oxygen atoms in total. The summed E-state index contributed by atoms with van der Waals surface area (Å²) in [5.41, 5.74) is 4.65.